The number of rotatable bonds is 4. The van der Waals surface area contributed by atoms with Gasteiger partial charge in [-0.25, -0.2) is 0 Å². The molecule has 0 spiro atoms. The topological polar surface area (TPSA) is 70.1 Å². The van der Waals surface area contributed by atoms with Crippen molar-refractivity contribution in [3.63, 3.8) is 0 Å². The zero-order valence-electron chi connectivity index (χ0n) is 11.9. The number of aromatic nitrogens is 2. The first kappa shape index (κ1) is 13.8. The highest BCUT2D eigenvalue weighted by Gasteiger charge is 2.37. The van der Waals surface area contributed by atoms with E-state index in [1.807, 2.05) is 16.9 Å². The molecule has 1 unspecified atom stereocenters. The maximum Gasteiger partial charge on any atom is 0.161 e. The summed E-state index contributed by atoms with van der Waals surface area (Å²) in [5.41, 5.74) is 6.12. The molecule has 1 aliphatic carbocycles. The molecule has 2 fully saturated rings. The molecule has 20 heavy (non-hydrogen) atoms. The summed E-state index contributed by atoms with van der Waals surface area (Å²) < 4.78 is 7.29. The van der Waals surface area contributed by atoms with Crippen LogP contribution >= 0.6 is 0 Å². The fourth-order valence-electron chi connectivity index (χ4n) is 3.16. The van der Waals surface area contributed by atoms with Gasteiger partial charge >= 0.3 is 0 Å². The number of carbonyl (C=O) groups is 1. The Balaban J connectivity index is 1.63. The Morgan fingerprint density at radius 2 is 2.25 bits per heavy atom. The van der Waals surface area contributed by atoms with E-state index in [0.29, 0.717) is 32.1 Å². The minimum Gasteiger partial charge on any atom is -0.379 e. The third-order valence-corrected chi connectivity index (χ3v) is 4.56. The smallest absolute Gasteiger partial charge is 0.161 e. The number of hydrogen-bond acceptors (Lipinski definition) is 4. The standard InChI is InChI=1S/C15H23N3O2/c16-15(7-9-20-11-15)14(19)10-12-6-8-18(17-12)13-4-2-1-3-5-13/h6,8,13H,1-5,7,9-11,16H2. The zero-order valence-corrected chi connectivity index (χ0v) is 11.9. The molecule has 1 saturated heterocycles. The third-order valence-electron chi connectivity index (χ3n) is 4.56. The molecule has 0 radical (unpaired) electrons. The summed E-state index contributed by atoms with van der Waals surface area (Å²) in [6.45, 7) is 0.925. The van der Waals surface area contributed by atoms with E-state index in [2.05, 4.69) is 5.10 Å². The van der Waals surface area contributed by atoms with Crippen LogP contribution in [0.4, 0.5) is 0 Å². The van der Waals surface area contributed by atoms with Gasteiger partial charge in [0, 0.05) is 12.8 Å². The molecule has 0 aromatic carbocycles. The number of nitrogens with two attached hydrogens (primary N) is 1. The molecule has 2 aliphatic rings. The van der Waals surface area contributed by atoms with E-state index < -0.39 is 5.54 Å². The molecule has 110 valence electrons. The molecular weight excluding hydrogens is 254 g/mol. The summed E-state index contributed by atoms with van der Waals surface area (Å²) in [5.74, 6) is 0.0453. The van der Waals surface area contributed by atoms with Crippen LogP contribution in [0.3, 0.4) is 0 Å². The largest absolute Gasteiger partial charge is 0.379 e. The Labute approximate surface area is 119 Å². The minimum absolute atomic E-state index is 0.0453. The number of hydrogen-bond donors (Lipinski definition) is 1. The molecule has 1 aliphatic heterocycles. The van der Waals surface area contributed by atoms with E-state index in [1.54, 1.807) is 0 Å². The number of nitrogens with zero attached hydrogens (tertiary/aromatic N) is 2. The maximum atomic E-state index is 12.3. The number of ketones is 1. The number of Topliss-reactive ketones (excluding diaryl/α,β-unsaturated/α-hetero) is 1. The molecule has 1 atom stereocenters. The quantitative estimate of drug-likeness (QED) is 0.908. The summed E-state index contributed by atoms with van der Waals surface area (Å²) >= 11 is 0. The van der Waals surface area contributed by atoms with Gasteiger partial charge in [-0.3, -0.25) is 9.48 Å². The van der Waals surface area contributed by atoms with Gasteiger partial charge in [0.2, 0.25) is 0 Å². The SMILES string of the molecule is NC1(C(=O)Cc2ccn(C3CCCCC3)n2)CCOC1. The van der Waals surface area contributed by atoms with E-state index >= 15 is 0 Å². The van der Waals surface area contributed by atoms with Crippen molar-refractivity contribution in [2.75, 3.05) is 13.2 Å². The predicted molar refractivity (Wildman–Crippen MR) is 75.4 cm³/mol. The maximum absolute atomic E-state index is 12.3. The molecular formula is C15H23N3O2. The van der Waals surface area contributed by atoms with Crippen molar-refractivity contribution in [2.24, 2.45) is 5.73 Å². The Hall–Kier alpha value is -1.20. The van der Waals surface area contributed by atoms with Gasteiger partial charge in [0.05, 0.1) is 24.8 Å². The highest BCUT2D eigenvalue weighted by Crippen LogP contribution is 2.27. The lowest BCUT2D eigenvalue weighted by Gasteiger charge is -2.22. The van der Waals surface area contributed by atoms with Gasteiger partial charge in [-0.2, -0.15) is 5.10 Å². The highest BCUT2D eigenvalue weighted by molar-refractivity contribution is 5.90. The van der Waals surface area contributed by atoms with E-state index in [1.165, 1.54) is 32.1 Å². The van der Waals surface area contributed by atoms with Crippen molar-refractivity contribution in [3.8, 4) is 0 Å². The Morgan fingerprint density at radius 3 is 2.95 bits per heavy atom. The lowest BCUT2D eigenvalue weighted by molar-refractivity contribution is -0.123. The van der Waals surface area contributed by atoms with Gasteiger partial charge in [0.25, 0.3) is 0 Å². The first-order valence-corrected chi connectivity index (χ1v) is 7.61. The third kappa shape index (κ3) is 2.79. The number of carbonyl (C=O) groups excluding carboxylic acids is 1. The van der Waals surface area contributed by atoms with Gasteiger partial charge in [0.15, 0.2) is 5.78 Å². The normalized spacial score (nSPS) is 27.9. The molecule has 2 N–H and O–H groups in total. The molecule has 5 heteroatoms. The summed E-state index contributed by atoms with van der Waals surface area (Å²) in [5, 5.41) is 4.58. The van der Waals surface area contributed by atoms with Crippen LogP contribution in [-0.4, -0.2) is 34.3 Å². The predicted octanol–water partition coefficient (Wildman–Crippen LogP) is 1.62. The first-order chi connectivity index (χ1) is 9.67. The molecule has 5 nitrogen and oxygen atoms in total. The summed E-state index contributed by atoms with van der Waals surface area (Å²) in [6, 6.07) is 2.46. The van der Waals surface area contributed by atoms with Crippen LogP contribution in [0.2, 0.25) is 0 Å². The van der Waals surface area contributed by atoms with E-state index in [4.69, 9.17) is 10.5 Å². The van der Waals surface area contributed by atoms with Gasteiger partial charge < -0.3 is 10.5 Å². The van der Waals surface area contributed by atoms with Crippen molar-refractivity contribution in [1.82, 2.24) is 9.78 Å². The van der Waals surface area contributed by atoms with Gasteiger partial charge in [-0.1, -0.05) is 19.3 Å². The van der Waals surface area contributed by atoms with Crippen LogP contribution in [0.15, 0.2) is 12.3 Å². The van der Waals surface area contributed by atoms with Crippen LogP contribution in [-0.2, 0) is 16.0 Å². The van der Waals surface area contributed by atoms with E-state index in [-0.39, 0.29) is 5.78 Å². The fourth-order valence-corrected chi connectivity index (χ4v) is 3.16. The molecule has 3 rings (SSSR count). The lowest BCUT2D eigenvalue weighted by atomic mass is 9.91. The van der Waals surface area contributed by atoms with Crippen molar-refractivity contribution in [2.45, 2.75) is 56.5 Å². The highest BCUT2D eigenvalue weighted by atomic mass is 16.5. The minimum atomic E-state index is -0.797. The van der Waals surface area contributed by atoms with Gasteiger partial charge in [-0.15, -0.1) is 0 Å². The molecule has 1 saturated carbocycles. The summed E-state index contributed by atoms with van der Waals surface area (Å²) in [6.07, 6.45) is 9.23. The van der Waals surface area contributed by atoms with Crippen LogP contribution in [0.1, 0.15) is 50.3 Å². The fraction of sp³-hybridized carbons (Fsp3) is 0.733. The van der Waals surface area contributed by atoms with E-state index in [0.717, 1.165) is 5.69 Å². The molecule has 2 heterocycles. The van der Waals surface area contributed by atoms with Crippen LogP contribution in [0, 0.1) is 0 Å². The average molecular weight is 277 g/mol. The van der Waals surface area contributed by atoms with Crippen molar-refractivity contribution < 1.29 is 9.53 Å². The molecule has 1 aromatic rings. The lowest BCUT2D eigenvalue weighted by Crippen LogP contribution is -2.49. The number of ether oxygens (including phenoxy) is 1. The summed E-state index contributed by atoms with van der Waals surface area (Å²) in [7, 11) is 0. The molecule has 0 amide bonds. The van der Waals surface area contributed by atoms with E-state index in [9.17, 15) is 4.79 Å². The zero-order chi connectivity index (χ0) is 14.0. The Kier molecular flexibility index (Phi) is 3.89. The average Bonchev–Trinajstić information content (AvgIpc) is 3.10. The van der Waals surface area contributed by atoms with Crippen LogP contribution < -0.4 is 5.73 Å². The van der Waals surface area contributed by atoms with Crippen molar-refractivity contribution >= 4 is 5.78 Å². The van der Waals surface area contributed by atoms with Crippen LogP contribution in [0.5, 0.6) is 0 Å². The molecule has 1 aromatic heterocycles. The Bertz CT molecular complexity index is 471. The second kappa shape index (κ2) is 5.66. The van der Waals surface area contributed by atoms with Gasteiger partial charge in [-0.05, 0) is 25.3 Å². The Morgan fingerprint density at radius 1 is 1.45 bits per heavy atom. The second-order valence-electron chi connectivity index (χ2n) is 6.14. The molecule has 0 bridgehead atoms. The van der Waals surface area contributed by atoms with Gasteiger partial charge in [0.1, 0.15) is 5.54 Å². The monoisotopic (exact) mass is 277 g/mol. The summed E-state index contributed by atoms with van der Waals surface area (Å²) in [4.78, 5) is 12.3. The van der Waals surface area contributed by atoms with Crippen LogP contribution in [0.25, 0.3) is 0 Å². The van der Waals surface area contributed by atoms with Crippen molar-refractivity contribution in [3.05, 3.63) is 18.0 Å². The first-order valence-electron chi connectivity index (χ1n) is 7.61. The van der Waals surface area contributed by atoms with Crippen molar-refractivity contribution in [1.29, 1.82) is 0 Å². The second-order valence-corrected chi connectivity index (χ2v) is 6.14.